The summed E-state index contributed by atoms with van der Waals surface area (Å²) in [5.41, 5.74) is 7.85. The second kappa shape index (κ2) is 6.32. The Balaban J connectivity index is 0.00000180. The normalized spacial score (nSPS) is 12.3. The van der Waals surface area contributed by atoms with Gasteiger partial charge < -0.3 is 11.1 Å². The zero-order chi connectivity index (χ0) is 13.3. The fraction of sp³-hybridized carbons (Fsp3) is 0.385. The molecule has 1 heterocycles. The topological polar surface area (TPSA) is 68.0 Å². The first-order chi connectivity index (χ1) is 8.49. The van der Waals surface area contributed by atoms with Crippen LogP contribution in [0.25, 0.3) is 10.2 Å². The molecule has 0 aliphatic carbocycles. The van der Waals surface area contributed by atoms with Crippen LogP contribution >= 0.6 is 23.7 Å². The number of benzene rings is 1. The molecule has 1 aromatic heterocycles. The van der Waals surface area contributed by atoms with E-state index in [1.807, 2.05) is 39.0 Å². The minimum absolute atomic E-state index is 0. The number of carbonyl (C=O) groups is 1. The summed E-state index contributed by atoms with van der Waals surface area (Å²) >= 11 is 1.47. The lowest BCUT2D eigenvalue weighted by Crippen LogP contribution is -2.39. The maximum atomic E-state index is 11.8. The molecule has 3 N–H and O–H groups in total. The Morgan fingerprint density at radius 3 is 2.68 bits per heavy atom. The van der Waals surface area contributed by atoms with Crippen LogP contribution in [0.4, 0.5) is 5.13 Å². The Hall–Kier alpha value is -1.17. The molecule has 0 spiro atoms. The maximum absolute atomic E-state index is 11.8. The van der Waals surface area contributed by atoms with E-state index in [0.717, 1.165) is 15.8 Å². The molecule has 4 nitrogen and oxygen atoms in total. The van der Waals surface area contributed by atoms with Gasteiger partial charge in [0.25, 0.3) is 0 Å². The van der Waals surface area contributed by atoms with E-state index in [0.29, 0.717) is 5.13 Å². The summed E-state index contributed by atoms with van der Waals surface area (Å²) in [7, 11) is 0. The second-order valence-corrected chi connectivity index (χ2v) is 5.73. The highest BCUT2D eigenvalue weighted by atomic mass is 35.5. The summed E-state index contributed by atoms with van der Waals surface area (Å²) in [6, 6.07) is 5.49. The molecule has 0 unspecified atom stereocenters. The molecule has 0 fully saturated rings. The van der Waals surface area contributed by atoms with E-state index >= 15 is 0 Å². The van der Waals surface area contributed by atoms with Gasteiger partial charge in [0, 0.05) is 0 Å². The quantitative estimate of drug-likeness (QED) is 0.915. The number of anilines is 1. The van der Waals surface area contributed by atoms with Gasteiger partial charge in [0.05, 0.1) is 16.3 Å². The molecular formula is C13H18ClN3OS. The lowest BCUT2D eigenvalue weighted by molar-refractivity contribution is -0.118. The van der Waals surface area contributed by atoms with Crippen molar-refractivity contribution in [2.24, 2.45) is 11.7 Å². The molecule has 0 bridgehead atoms. The van der Waals surface area contributed by atoms with Crippen molar-refractivity contribution < 1.29 is 4.79 Å². The molecular weight excluding hydrogens is 282 g/mol. The van der Waals surface area contributed by atoms with E-state index in [1.165, 1.54) is 11.3 Å². The van der Waals surface area contributed by atoms with Gasteiger partial charge in [0.2, 0.25) is 5.91 Å². The molecule has 1 aromatic carbocycles. The minimum Gasteiger partial charge on any atom is -0.320 e. The second-order valence-electron chi connectivity index (χ2n) is 4.70. The fourth-order valence-electron chi connectivity index (χ4n) is 1.63. The number of nitrogens with one attached hydrogen (secondary N) is 1. The highest BCUT2D eigenvalue weighted by Crippen LogP contribution is 2.27. The molecule has 0 saturated carbocycles. The van der Waals surface area contributed by atoms with Gasteiger partial charge in [-0.3, -0.25) is 4.79 Å². The number of carbonyl (C=O) groups excluding carboxylic acids is 1. The van der Waals surface area contributed by atoms with Crippen LogP contribution in [0.2, 0.25) is 0 Å². The first kappa shape index (κ1) is 15.9. The largest absolute Gasteiger partial charge is 0.320 e. The van der Waals surface area contributed by atoms with Crippen LogP contribution in [-0.4, -0.2) is 16.9 Å². The number of hydrogen-bond donors (Lipinski definition) is 2. The van der Waals surface area contributed by atoms with Crippen molar-refractivity contribution in [2.45, 2.75) is 26.8 Å². The number of thiazole rings is 1. The molecule has 1 amide bonds. The number of halogens is 1. The van der Waals surface area contributed by atoms with Crippen molar-refractivity contribution in [1.29, 1.82) is 0 Å². The number of amides is 1. The van der Waals surface area contributed by atoms with Crippen LogP contribution < -0.4 is 11.1 Å². The van der Waals surface area contributed by atoms with Crippen molar-refractivity contribution in [3.63, 3.8) is 0 Å². The molecule has 19 heavy (non-hydrogen) atoms. The molecule has 0 radical (unpaired) electrons. The van der Waals surface area contributed by atoms with Crippen LogP contribution in [0, 0.1) is 12.8 Å². The van der Waals surface area contributed by atoms with Gasteiger partial charge in [-0.15, -0.1) is 12.4 Å². The molecule has 2 rings (SSSR count). The highest BCUT2D eigenvalue weighted by molar-refractivity contribution is 7.22. The zero-order valence-corrected chi connectivity index (χ0v) is 12.8. The molecule has 2 aromatic rings. The van der Waals surface area contributed by atoms with Gasteiger partial charge in [-0.2, -0.15) is 0 Å². The van der Waals surface area contributed by atoms with Gasteiger partial charge >= 0.3 is 0 Å². The number of fused-ring (bicyclic) bond motifs is 1. The third kappa shape index (κ3) is 3.43. The van der Waals surface area contributed by atoms with Crippen molar-refractivity contribution >= 4 is 45.0 Å². The van der Waals surface area contributed by atoms with Gasteiger partial charge in [0.1, 0.15) is 0 Å². The summed E-state index contributed by atoms with van der Waals surface area (Å²) < 4.78 is 1.07. The van der Waals surface area contributed by atoms with E-state index in [1.54, 1.807) is 0 Å². The summed E-state index contributed by atoms with van der Waals surface area (Å²) in [6.45, 7) is 5.85. The number of hydrogen-bond acceptors (Lipinski definition) is 4. The number of nitrogens with zero attached hydrogens (tertiary/aromatic N) is 1. The Morgan fingerprint density at radius 1 is 1.42 bits per heavy atom. The first-order valence-electron chi connectivity index (χ1n) is 5.91. The summed E-state index contributed by atoms with van der Waals surface area (Å²) in [5, 5.41) is 3.39. The number of nitrogens with two attached hydrogens (primary N) is 1. The van der Waals surface area contributed by atoms with E-state index in [-0.39, 0.29) is 24.2 Å². The smallest absolute Gasteiger partial charge is 0.243 e. The predicted octanol–water partition coefficient (Wildman–Crippen LogP) is 2.95. The van der Waals surface area contributed by atoms with Crippen LogP contribution in [0.5, 0.6) is 0 Å². The van der Waals surface area contributed by atoms with E-state index < -0.39 is 6.04 Å². The Morgan fingerprint density at radius 2 is 2.11 bits per heavy atom. The maximum Gasteiger partial charge on any atom is 0.243 e. The average molecular weight is 300 g/mol. The Bertz CT molecular complexity index is 582. The van der Waals surface area contributed by atoms with Gasteiger partial charge in [-0.05, 0) is 24.5 Å². The van der Waals surface area contributed by atoms with Crippen LogP contribution in [0.15, 0.2) is 18.2 Å². The third-order valence-electron chi connectivity index (χ3n) is 2.87. The monoisotopic (exact) mass is 299 g/mol. The standard InChI is InChI=1S/C13H17N3OS.ClH/c1-7(2)10(14)12(17)16-13-15-11-8(3)5-4-6-9(11)18-13;/h4-7,10H,14H2,1-3H3,(H,15,16,17);1H/t10-;/m0./s1. The SMILES string of the molecule is Cc1cccc2sc(NC(=O)[C@@H](N)C(C)C)nc12.Cl. The zero-order valence-electron chi connectivity index (χ0n) is 11.1. The molecule has 0 saturated heterocycles. The molecule has 1 atom stereocenters. The van der Waals surface area contributed by atoms with Gasteiger partial charge in [-0.1, -0.05) is 37.3 Å². The van der Waals surface area contributed by atoms with Crippen LogP contribution in [-0.2, 0) is 4.79 Å². The fourth-order valence-corrected chi connectivity index (χ4v) is 2.58. The lowest BCUT2D eigenvalue weighted by atomic mass is 10.1. The van der Waals surface area contributed by atoms with Gasteiger partial charge in [-0.25, -0.2) is 4.98 Å². The lowest BCUT2D eigenvalue weighted by Gasteiger charge is -2.13. The average Bonchev–Trinajstić information content (AvgIpc) is 2.71. The van der Waals surface area contributed by atoms with E-state index in [9.17, 15) is 4.79 Å². The summed E-state index contributed by atoms with van der Waals surface area (Å²) in [4.78, 5) is 16.3. The third-order valence-corrected chi connectivity index (χ3v) is 3.81. The van der Waals surface area contributed by atoms with Crippen molar-refractivity contribution in [1.82, 2.24) is 4.98 Å². The van der Waals surface area contributed by atoms with Gasteiger partial charge in [0.15, 0.2) is 5.13 Å². The number of aryl methyl sites for hydroxylation is 1. The Kier molecular flexibility index (Phi) is 5.29. The minimum atomic E-state index is -0.502. The molecule has 104 valence electrons. The van der Waals surface area contributed by atoms with E-state index in [2.05, 4.69) is 10.3 Å². The summed E-state index contributed by atoms with van der Waals surface area (Å²) in [6.07, 6.45) is 0. The highest BCUT2D eigenvalue weighted by Gasteiger charge is 2.18. The summed E-state index contributed by atoms with van der Waals surface area (Å²) in [5.74, 6) is -0.0668. The number of para-hydroxylation sites is 1. The number of aromatic nitrogens is 1. The molecule has 6 heteroatoms. The van der Waals surface area contributed by atoms with Crippen molar-refractivity contribution in [2.75, 3.05) is 5.32 Å². The van der Waals surface area contributed by atoms with Crippen LogP contribution in [0.1, 0.15) is 19.4 Å². The predicted molar refractivity (Wildman–Crippen MR) is 83.0 cm³/mol. The molecule has 0 aliphatic rings. The van der Waals surface area contributed by atoms with Crippen molar-refractivity contribution in [3.8, 4) is 0 Å². The number of rotatable bonds is 3. The first-order valence-corrected chi connectivity index (χ1v) is 6.73. The van der Waals surface area contributed by atoms with E-state index in [4.69, 9.17) is 5.73 Å². The Labute approximate surface area is 122 Å². The van der Waals surface area contributed by atoms with Crippen molar-refractivity contribution in [3.05, 3.63) is 23.8 Å². The van der Waals surface area contributed by atoms with Crippen LogP contribution in [0.3, 0.4) is 0 Å². The molecule has 0 aliphatic heterocycles.